The molecule has 0 amide bonds. The van der Waals surface area contributed by atoms with Gasteiger partial charge in [-0.15, -0.1) is 0 Å². The smallest absolute Gasteiger partial charge is 0.312 e. The summed E-state index contributed by atoms with van der Waals surface area (Å²) >= 11 is 0. The van der Waals surface area contributed by atoms with Crippen LogP contribution >= 0.6 is 0 Å². The number of aryl methyl sites for hydroxylation is 1. The normalized spacial score (nSPS) is 17.6. The van der Waals surface area contributed by atoms with Crippen molar-refractivity contribution < 1.29 is 14.7 Å². The van der Waals surface area contributed by atoms with Gasteiger partial charge in [-0.1, -0.05) is 36.8 Å². The standard InChI is InChI=1S/C18H19NO3/c1-12-11-15-14(18(21)22)9-5-6-10-19(15)16(12)17(20)13-7-3-2-4-8-13/h2-4,7-8,11,14H,5-6,9-10H2,1H3,(H,21,22). The van der Waals surface area contributed by atoms with E-state index >= 15 is 0 Å². The summed E-state index contributed by atoms with van der Waals surface area (Å²) < 4.78 is 1.93. The van der Waals surface area contributed by atoms with Crippen molar-refractivity contribution in [3.05, 3.63) is 58.9 Å². The number of hydrogen-bond acceptors (Lipinski definition) is 2. The van der Waals surface area contributed by atoms with Crippen LogP contribution in [0.5, 0.6) is 0 Å². The predicted molar refractivity (Wildman–Crippen MR) is 83.3 cm³/mol. The summed E-state index contributed by atoms with van der Waals surface area (Å²) in [5.41, 5.74) is 2.90. The number of aliphatic carboxylic acids is 1. The van der Waals surface area contributed by atoms with Gasteiger partial charge in [-0.2, -0.15) is 0 Å². The number of nitrogens with zero attached hydrogens (tertiary/aromatic N) is 1. The van der Waals surface area contributed by atoms with Crippen LogP contribution in [0.1, 0.15) is 52.5 Å². The van der Waals surface area contributed by atoms with Crippen molar-refractivity contribution in [1.29, 1.82) is 0 Å². The number of aromatic nitrogens is 1. The molecule has 1 aliphatic heterocycles. The van der Waals surface area contributed by atoms with Gasteiger partial charge in [0.15, 0.2) is 0 Å². The molecule has 1 N–H and O–H groups in total. The Hall–Kier alpha value is -2.36. The van der Waals surface area contributed by atoms with E-state index in [0.29, 0.717) is 24.2 Å². The van der Waals surface area contributed by atoms with Crippen molar-refractivity contribution in [3.8, 4) is 0 Å². The van der Waals surface area contributed by atoms with Gasteiger partial charge < -0.3 is 9.67 Å². The maximum absolute atomic E-state index is 12.8. The molecule has 2 heterocycles. The first-order valence-corrected chi connectivity index (χ1v) is 7.62. The maximum Gasteiger partial charge on any atom is 0.312 e. The van der Waals surface area contributed by atoms with Gasteiger partial charge in [0, 0.05) is 17.8 Å². The molecule has 4 nitrogen and oxygen atoms in total. The van der Waals surface area contributed by atoms with Gasteiger partial charge in [0.05, 0.1) is 11.6 Å². The van der Waals surface area contributed by atoms with Crippen molar-refractivity contribution in [1.82, 2.24) is 4.57 Å². The van der Waals surface area contributed by atoms with Crippen LogP contribution in [0.3, 0.4) is 0 Å². The Balaban J connectivity index is 2.10. The lowest BCUT2D eigenvalue weighted by Crippen LogP contribution is -2.17. The molecule has 22 heavy (non-hydrogen) atoms. The molecule has 1 aromatic heterocycles. The summed E-state index contributed by atoms with van der Waals surface area (Å²) in [5, 5.41) is 9.47. The molecule has 0 spiro atoms. The van der Waals surface area contributed by atoms with E-state index in [0.717, 1.165) is 24.1 Å². The van der Waals surface area contributed by atoms with Gasteiger partial charge in [-0.05, 0) is 31.4 Å². The lowest BCUT2D eigenvalue weighted by molar-refractivity contribution is -0.139. The Bertz CT molecular complexity index is 715. The van der Waals surface area contributed by atoms with E-state index in [9.17, 15) is 14.7 Å². The van der Waals surface area contributed by atoms with E-state index in [4.69, 9.17) is 0 Å². The van der Waals surface area contributed by atoms with Gasteiger partial charge in [0.1, 0.15) is 0 Å². The zero-order valence-electron chi connectivity index (χ0n) is 12.6. The van der Waals surface area contributed by atoms with Gasteiger partial charge in [-0.25, -0.2) is 0 Å². The molecule has 0 radical (unpaired) electrons. The number of rotatable bonds is 3. The van der Waals surface area contributed by atoms with Crippen LogP contribution < -0.4 is 0 Å². The minimum atomic E-state index is -0.806. The third-order valence-electron chi connectivity index (χ3n) is 4.35. The summed E-state index contributed by atoms with van der Waals surface area (Å²) in [4.78, 5) is 24.4. The monoisotopic (exact) mass is 297 g/mol. The Morgan fingerprint density at radius 3 is 2.59 bits per heavy atom. The number of hydrogen-bond donors (Lipinski definition) is 1. The van der Waals surface area contributed by atoms with Crippen LogP contribution in [0, 0.1) is 6.92 Å². The summed E-state index contributed by atoms with van der Waals surface area (Å²) in [6.07, 6.45) is 2.41. The predicted octanol–water partition coefficient (Wildman–Crippen LogP) is 3.38. The fourth-order valence-corrected chi connectivity index (χ4v) is 3.28. The first kappa shape index (κ1) is 14.6. The molecule has 1 unspecified atom stereocenters. The van der Waals surface area contributed by atoms with Crippen molar-refractivity contribution in [3.63, 3.8) is 0 Å². The van der Waals surface area contributed by atoms with E-state index in [2.05, 4.69) is 0 Å². The highest BCUT2D eigenvalue weighted by molar-refractivity contribution is 6.09. The van der Waals surface area contributed by atoms with E-state index in [1.807, 2.05) is 35.8 Å². The van der Waals surface area contributed by atoms with Crippen LogP contribution in [0.2, 0.25) is 0 Å². The average Bonchev–Trinajstić information content (AvgIpc) is 2.69. The second-order valence-corrected chi connectivity index (χ2v) is 5.83. The van der Waals surface area contributed by atoms with E-state index in [1.165, 1.54) is 0 Å². The highest BCUT2D eigenvalue weighted by atomic mass is 16.4. The van der Waals surface area contributed by atoms with Crippen LogP contribution in [0.4, 0.5) is 0 Å². The Labute approximate surface area is 129 Å². The summed E-state index contributed by atoms with van der Waals surface area (Å²) in [6.45, 7) is 2.59. The average molecular weight is 297 g/mol. The second kappa shape index (κ2) is 5.79. The number of carbonyl (C=O) groups is 2. The van der Waals surface area contributed by atoms with Crippen molar-refractivity contribution in [2.24, 2.45) is 0 Å². The Morgan fingerprint density at radius 2 is 1.91 bits per heavy atom. The topological polar surface area (TPSA) is 59.3 Å². The van der Waals surface area contributed by atoms with E-state index < -0.39 is 11.9 Å². The van der Waals surface area contributed by atoms with Crippen LogP contribution in [0.25, 0.3) is 0 Å². The van der Waals surface area contributed by atoms with Gasteiger partial charge in [0.25, 0.3) is 0 Å². The zero-order chi connectivity index (χ0) is 15.7. The first-order chi connectivity index (χ1) is 10.6. The lowest BCUT2D eigenvalue weighted by atomic mass is 9.99. The Morgan fingerprint density at radius 1 is 1.18 bits per heavy atom. The molecule has 0 fully saturated rings. The SMILES string of the molecule is Cc1cc2n(c1C(=O)c1ccccc1)CCCCC2C(=O)O. The summed E-state index contributed by atoms with van der Waals surface area (Å²) in [7, 11) is 0. The third-order valence-corrected chi connectivity index (χ3v) is 4.35. The molecule has 0 aliphatic carbocycles. The van der Waals surface area contributed by atoms with Crippen molar-refractivity contribution >= 4 is 11.8 Å². The summed E-state index contributed by atoms with van der Waals surface area (Å²) in [5.74, 6) is -1.35. The van der Waals surface area contributed by atoms with Crippen LogP contribution in [-0.4, -0.2) is 21.4 Å². The first-order valence-electron chi connectivity index (χ1n) is 7.62. The quantitative estimate of drug-likeness (QED) is 0.884. The highest BCUT2D eigenvalue weighted by Gasteiger charge is 2.29. The largest absolute Gasteiger partial charge is 0.481 e. The van der Waals surface area contributed by atoms with Crippen molar-refractivity contribution in [2.75, 3.05) is 0 Å². The molecule has 114 valence electrons. The molecular weight excluding hydrogens is 278 g/mol. The van der Waals surface area contributed by atoms with E-state index in [-0.39, 0.29) is 5.78 Å². The number of ketones is 1. The highest BCUT2D eigenvalue weighted by Crippen LogP contribution is 2.31. The Kier molecular flexibility index (Phi) is 3.84. The molecule has 1 atom stereocenters. The molecule has 3 rings (SSSR count). The maximum atomic E-state index is 12.8. The number of carboxylic acid groups (broad SMARTS) is 1. The molecule has 1 aromatic carbocycles. The van der Waals surface area contributed by atoms with Gasteiger partial charge in [0.2, 0.25) is 5.78 Å². The van der Waals surface area contributed by atoms with Gasteiger partial charge in [-0.3, -0.25) is 9.59 Å². The summed E-state index contributed by atoms with van der Waals surface area (Å²) in [6, 6.07) is 11.0. The zero-order valence-corrected chi connectivity index (χ0v) is 12.6. The van der Waals surface area contributed by atoms with Crippen LogP contribution in [0.15, 0.2) is 36.4 Å². The number of carboxylic acids is 1. The van der Waals surface area contributed by atoms with E-state index in [1.54, 1.807) is 12.1 Å². The number of carbonyl (C=O) groups excluding carboxylic acids is 1. The molecule has 0 bridgehead atoms. The molecular formula is C18H19NO3. The lowest BCUT2D eigenvalue weighted by Gasteiger charge is -2.13. The second-order valence-electron chi connectivity index (χ2n) is 5.83. The fourth-order valence-electron chi connectivity index (χ4n) is 3.28. The third kappa shape index (κ3) is 2.45. The van der Waals surface area contributed by atoms with Gasteiger partial charge >= 0.3 is 5.97 Å². The molecule has 1 aliphatic rings. The number of fused-ring (bicyclic) bond motifs is 1. The minimum Gasteiger partial charge on any atom is -0.481 e. The molecule has 0 saturated carbocycles. The molecule has 4 heteroatoms. The molecule has 0 saturated heterocycles. The van der Waals surface area contributed by atoms with Crippen LogP contribution in [-0.2, 0) is 11.3 Å². The number of benzene rings is 1. The van der Waals surface area contributed by atoms with Crippen molar-refractivity contribution in [2.45, 2.75) is 38.6 Å². The fraction of sp³-hybridized carbons (Fsp3) is 0.333. The molecule has 2 aromatic rings. The minimum absolute atomic E-state index is 0.0320.